The number of hydrogen-bond donors (Lipinski definition) is 2. The third-order valence-corrected chi connectivity index (χ3v) is 3.99. The summed E-state index contributed by atoms with van der Waals surface area (Å²) in [6.45, 7) is 2.46. The van der Waals surface area contributed by atoms with Gasteiger partial charge in [-0.25, -0.2) is 4.79 Å². The molecule has 0 aliphatic heterocycles. The Labute approximate surface area is 167 Å². The van der Waals surface area contributed by atoms with Crippen molar-refractivity contribution in [1.82, 2.24) is 5.43 Å². The van der Waals surface area contributed by atoms with E-state index >= 15 is 0 Å². The predicted octanol–water partition coefficient (Wildman–Crippen LogP) is 3.62. The van der Waals surface area contributed by atoms with Crippen molar-refractivity contribution in [3.63, 3.8) is 0 Å². The van der Waals surface area contributed by atoms with Crippen LogP contribution in [0.5, 0.6) is 11.5 Å². The van der Waals surface area contributed by atoms with Gasteiger partial charge in [0, 0.05) is 5.56 Å². The first kappa shape index (κ1) is 19.3. The Bertz CT molecular complexity index is 1030. The summed E-state index contributed by atoms with van der Waals surface area (Å²) in [5, 5.41) is 5.93. The van der Waals surface area contributed by atoms with E-state index in [1.54, 1.807) is 30.3 Å². The molecule has 0 aliphatic rings. The van der Waals surface area contributed by atoms with Crippen molar-refractivity contribution in [2.24, 2.45) is 10.8 Å². The quantitative estimate of drug-likeness (QED) is 0.219. The molecule has 3 aromatic rings. The number of ether oxygens (including phenoxy) is 2. The van der Waals surface area contributed by atoms with E-state index in [4.69, 9.17) is 27.4 Å². The summed E-state index contributed by atoms with van der Waals surface area (Å²) in [7, 11) is 0. The van der Waals surface area contributed by atoms with Crippen molar-refractivity contribution in [2.75, 3.05) is 6.61 Å². The van der Waals surface area contributed by atoms with E-state index in [0.29, 0.717) is 29.2 Å². The number of nitrogens with two attached hydrogens (primary N) is 1. The third kappa shape index (κ3) is 4.63. The summed E-state index contributed by atoms with van der Waals surface area (Å²) in [6.07, 6.45) is 1.53. The van der Waals surface area contributed by atoms with E-state index in [2.05, 4.69) is 10.5 Å². The molecule has 0 heterocycles. The largest absolute Gasteiger partial charge is 0.494 e. The lowest BCUT2D eigenvalue weighted by Gasteiger charge is -2.11. The van der Waals surface area contributed by atoms with Gasteiger partial charge < -0.3 is 15.2 Å². The summed E-state index contributed by atoms with van der Waals surface area (Å²) >= 11 is 4.76. The molecule has 0 aromatic heterocycles. The first-order valence-corrected chi connectivity index (χ1v) is 9.04. The van der Waals surface area contributed by atoms with Crippen molar-refractivity contribution in [1.29, 1.82) is 0 Å². The summed E-state index contributed by atoms with van der Waals surface area (Å²) in [5.41, 5.74) is 8.98. The molecule has 0 atom stereocenters. The van der Waals surface area contributed by atoms with Crippen molar-refractivity contribution in [3.8, 4) is 11.5 Å². The fourth-order valence-electron chi connectivity index (χ4n) is 2.67. The van der Waals surface area contributed by atoms with Crippen LogP contribution >= 0.6 is 12.2 Å². The molecule has 0 spiro atoms. The molecular weight excluding hydrogens is 374 g/mol. The standard InChI is InChI=1S/C21H19N3O3S/c1-2-26-16-10-7-15(8-11-16)20(25)27-19-12-9-14-5-3-4-6-17(14)18(19)13-23-24-21(22)28/h3-13H,2H2,1H3,(H3,22,24,28)/b23-13+. The molecule has 3 aromatic carbocycles. The second-order valence-corrected chi connectivity index (χ2v) is 6.22. The van der Waals surface area contributed by atoms with Gasteiger partial charge in [-0.2, -0.15) is 5.10 Å². The number of nitrogens with one attached hydrogen (secondary N) is 1. The molecule has 7 heteroatoms. The van der Waals surface area contributed by atoms with Crippen LogP contribution in [0.15, 0.2) is 65.8 Å². The van der Waals surface area contributed by atoms with Crippen molar-refractivity contribution >= 4 is 40.3 Å². The van der Waals surface area contributed by atoms with Gasteiger partial charge in [0.1, 0.15) is 11.5 Å². The van der Waals surface area contributed by atoms with Gasteiger partial charge in [0.25, 0.3) is 0 Å². The number of thiocarbonyl (C=S) groups is 1. The number of carbonyl (C=O) groups excluding carboxylic acids is 1. The Kier molecular flexibility index (Phi) is 6.18. The molecular formula is C21H19N3O3S. The van der Waals surface area contributed by atoms with Crippen LogP contribution in [0.1, 0.15) is 22.8 Å². The fourth-order valence-corrected chi connectivity index (χ4v) is 2.72. The smallest absolute Gasteiger partial charge is 0.343 e. The fraction of sp³-hybridized carbons (Fsp3) is 0.0952. The lowest BCUT2D eigenvalue weighted by Crippen LogP contribution is -2.24. The maximum atomic E-state index is 12.6. The number of esters is 1. The first-order valence-electron chi connectivity index (χ1n) is 8.63. The number of carbonyl (C=O) groups is 1. The highest BCUT2D eigenvalue weighted by atomic mass is 32.1. The number of fused-ring (bicyclic) bond motifs is 1. The molecule has 28 heavy (non-hydrogen) atoms. The van der Waals surface area contributed by atoms with Crippen LogP contribution in [0, 0.1) is 0 Å². The summed E-state index contributed by atoms with van der Waals surface area (Å²) in [4.78, 5) is 12.6. The molecule has 0 saturated carbocycles. The second-order valence-electron chi connectivity index (χ2n) is 5.78. The highest BCUT2D eigenvalue weighted by molar-refractivity contribution is 7.80. The van der Waals surface area contributed by atoms with Crippen LogP contribution in [0.4, 0.5) is 0 Å². The number of benzene rings is 3. The van der Waals surface area contributed by atoms with E-state index in [9.17, 15) is 4.79 Å². The summed E-state index contributed by atoms with van der Waals surface area (Å²) in [5.74, 6) is 0.600. The van der Waals surface area contributed by atoms with Gasteiger partial charge in [-0.15, -0.1) is 0 Å². The van der Waals surface area contributed by atoms with Crippen molar-refractivity contribution in [2.45, 2.75) is 6.92 Å². The average Bonchev–Trinajstić information content (AvgIpc) is 2.70. The van der Waals surface area contributed by atoms with Gasteiger partial charge in [-0.3, -0.25) is 5.43 Å². The van der Waals surface area contributed by atoms with Gasteiger partial charge in [-0.05, 0) is 60.2 Å². The van der Waals surface area contributed by atoms with Gasteiger partial charge in [0.2, 0.25) is 0 Å². The number of hydrazone groups is 1. The number of rotatable bonds is 6. The molecule has 6 nitrogen and oxygen atoms in total. The highest BCUT2D eigenvalue weighted by Gasteiger charge is 2.13. The van der Waals surface area contributed by atoms with E-state index in [0.717, 1.165) is 10.8 Å². The number of hydrogen-bond acceptors (Lipinski definition) is 5. The van der Waals surface area contributed by atoms with Crippen LogP contribution in [0.2, 0.25) is 0 Å². The summed E-state index contributed by atoms with van der Waals surface area (Å²) in [6, 6.07) is 18.1. The lowest BCUT2D eigenvalue weighted by molar-refractivity contribution is 0.0734. The van der Waals surface area contributed by atoms with Crippen LogP contribution in [-0.2, 0) is 0 Å². The maximum Gasteiger partial charge on any atom is 0.343 e. The molecule has 142 valence electrons. The normalized spacial score (nSPS) is 10.8. The van der Waals surface area contributed by atoms with Crippen LogP contribution < -0.4 is 20.6 Å². The summed E-state index contributed by atoms with van der Waals surface area (Å²) < 4.78 is 11.0. The minimum absolute atomic E-state index is 0.0458. The van der Waals surface area contributed by atoms with Crippen molar-refractivity contribution in [3.05, 3.63) is 71.8 Å². The average molecular weight is 393 g/mol. The Balaban J connectivity index is 1.91. The predicted molar refractivity (Wildman–Crippen MR) is 114 cm³/mol. The lowest BCUT2D eigenvalue weighted by atomic mass is 10.0. The molecule has 0 radical (unpaired) electrons. The number of nitrogens with zero attached hydrogens (tertiary/aromatic N) is 1. The minimum Gasteiger partial charge on any atom is -0.494 e. The van der Waals surface area contributed by atoms with Crippen LogP contribution in [0.3, 0.4) is 0 Å². The molecule has 0 amide bonds. The molecule has 0 fully saturated rings. The second kappa shape index (κ2) is 8.96. The van der Waals surface area contributed by atoms with Gasteiger partial charge in [0.15, 0.2) is 5.11 Å². The van der Waals surface area contributed by atoms with Gasteiger partial charge >= 0.3 is 5.97 Å². The molecule has 3 N–H and O–H groups in total. The van der Waals surface area contributed by atoms with E-state index in [1.807, 2.05) is 37.3 Å². The van der Waals surface area contributed by atoms with Gasteiger partial charge in [-0.1, -0.05) is 30.3 Å². The zero-order chi connectivity index (χ0) is 19.9. The van der Waals surface area contributed by atoms with E-state index in [-0.39, 0.29) is 5.11 Å². The molecule has 3 rings (SSSR count). The van der Waals surface area contributed by atoms with Crippen molar-refractivity contribution < 1.29 is 14.3 Å². The minimum atomic E-state index is -0.477. The Morgan fingerprint density at radius 1 is 1.14 bits per heavy atom. The zero-order valence-corrected chi connectivity index (χ0v) is 16.0. The Hall–Kier alpha value is -3.45. The molecule has 0 unspecified atom stereocenters. The molecule has 0 bridgehead atoms. The SMILES string of the molecule is CCOc1ccc(C(=O)Oc2ccc3ccccc3c2/C=N/NC(N)=S)cc1. The van der Waals surface area contributed by atoms with E-state index in [1.165, 1.54) is 6.21 Å². The maximum absolute atomic E-state index is 12.6. The highest BCUT2D eigenvalue weighted by Crippen LogP contribution is 2.27. The van der Waals surface area contributed by atoms with Crippen LogP contribution in [-0.4, -0.2) is 23.9 Å². The molecule has 0 aliphatic carbocycles. The zero-order valence-electron chi connectivity index (χ0n) is 15.2. The monoisotopic (exact) mass is 393 g/mol. The topological polar surface area (TPSA) is 85.9 Å². The van der Waals surface area contributed by atoms with E-state index < -0.39 is 5.97 Å². The molecule has 0 saturated heterocycles. The van der Waals surface area contributed by atoms with Gasteiger partial charge in [0.05, 0.1) is 18.4 Å². The third-order valence-electron chi connectivity index (χ3n) is 3.90. The Morgan fingerprint density at radius 3 is 2.61 bits per heavy atom. The first-order chi connectivity index (χ1) is 13.6. The van der Waals surface area contributed by atoms with Crippen LogP contribution in [0.25, 0.3) is 10.8 Å². The Morgan fingerprint density at radius 2 is 1.89 bits per heavy atom.